The van der Waals surface area contributed by atoms with E-state index in [9.17, 15) is 8.42 Å². The minimum atomic E-state index is -2.43. The quantitative estimate of drug-likeness (QED) is 0.540. The van der Waals surface area contributed by atoms with E-state index in [1.807, 2.05) is 85.1 Å². The van der Waals surface area contributed by atoms with Crippen molar-refractivity contribution < 1.29 is 8.42 Å². The summed E-state index contributed by atoms with van der Waals surface area (Å²) < 4.78 is 23.6. The van der Waals surface area contributed by atoms with Crippen molar-refractivity contribution in [2.45, 2.75) is 5.75 Å². The van der Waals surface area contributed by atoms with Gasteiger partial charge in [0, 0.05) is 5.56 Å². The fourth-order valence-corrected chi connectivity index (χ4v) is 3.43. The van der Waals surface area contributed by atoms with Crippen LogP contribution in [-0.4, -0.2) is 23.4 Å². The van der Waals surface area contributed by atoms with Crippen LogP contribution >= 0.6 is 0 Å². The third kappa shape index (κ3) is 3.96. The second-order valence-corrected chi connectivity index (χ2v) is 7.13. The van der Waals surface area contributed by atoms with Crippen LogP contribution in [0.15, 0.2) is 85.1 Å². The summed E-state index contributed by atoms with van der Waals surface area (Å²) in [6, 6.07) is 25.4. The second-order valence-electron chi connectivity index (χ2n) is 6.15. The molecule has 0 atom stereocenters. The van der Waals surface area contributed by atoms with Gasteiger partial charge in [-0.1, -0.05) is 71.9 Å². The molecule has 4 rings (SSSR count). The van der Waals surface area contributed by atoms with Gasteiger partial charge in [-0.2, -0.15) is 0 Å². The first-order chi connectivity index (χ1) is 13.2. The molecule has 6 heteroatoms. The lowest BCUT2D eigenvalue weighted by molar-refractivity contribution is 0.614. The van der Waals surface area contributed by atoms with Gasteiger partial charge >= 0.3 is 0 Å². The Labute approximate surface area is 158 Å². The van der Waals surface area contributed by atoms with Crippen molar-refractivity contribution in [2.24, 2.45) is 0 Å². The normalized spacial score (nSPS) is 11.0. The van der Waals surface area contributed by atoms with E-state index in [0.717, 1.165) is 33.6 Å². The number of hydrogen-bond acceptors (Lipinski definition) is 4. The van der Waals surface area contributed by atoms with Gasteiger partial charge < -0.3 is 0 Å². The molecule has 0 saturated heterocycles. The Balaban J connectivity index is 1.59. The molecule has 27 heavy (non-hydrogen) atoms. The highest BCUT2D eigenvalue weighted by molar-refractivity contribution is 7.71. The molecule has 0 aliphatic heterocycles. The maximum absolute atomic E-state index is 10.9. The van der Waals surface area contributed by atoms with Crippen LogP contribution in [0, 0.1) is 0 Å². The maximum Gasteiger partial charge on any atom is 0.144 e. The molecule has 0 saturated carbocycles. The van der Waals surface area contributed by atoms with Crippen LogP contribution in [0.5, 0.6) is 0 Å². The molecule has 0 aliphatic rings. The van der Waals surface area contributed by atoms with Gasteiger partial charge in [0.1, 0.15) is 16.4 Å². The molecule has 3 aromatic carbocycles. The Morgan fingerprint density at radius 1 is 0.778 bits per heavy atom. The summed E-state index contributed by atoms with van der Waals surface area (Å²) >= 11 is 0. The van der Waals surface area contributed by atoms with Gasteiger partial charge in [0.15, 0.2) is 0 Å². The van der Waals surface area contributed by atoms with Crippen LogP contribution in [0.3, 0.4) is 0 Å². The maximum atomic E-state index is 10.9. The molecule has 0 N–H and O–H groups in total. The fourth-order valence-electron chi connectivity index (χ4n) is 2.94. The van der Waals surface area contributed by atoms with Gasteiger partial charge in [-0.3, -0.25) is 0 Å². The summed E-state index contributed by atoms with van der Waals surface area (Å²) in [6.45, 7) is 0. The smallest absolute Gasteiger partial charge is 0.144 e. The van der Waals surface area contributed by atoms with Crippen molar-refractivity contribution in [3.05, 3.63) is 90.6 Å². The highest BCUT2D eigenvalue weighted by Gasteiger charge is 2.06. The van der Waals surface area contributed by atoms with Gasteiger partial charge in [0.2, 0.25) is 0 Å². The fraction of sp³-hybridized carbons (Fsp3) is 0.0476. The van der Waals surface area contributed by atoms with Crippen LogP contribution in [0.25, 0.3) is 28.1 Å². The average molecular weight is 375 g/mol. The summed E-state index contributed by atoms with van der Waals surface area (Å²) in [4.78, 5) is 0. The van der Waals surface area contributed by atoms with E-state index >= 15 is 0 Å². The minimum absolute atomic E-state index is 0.0580. The van der Waals surface area contributed by atoms with Gasteiger partial charge in [-0.05, 0) is 28.8 Å². The Bertz CT molecular complexity index is 1130. The molecule has 0 unspecified atom stereocenters. The van der Waals surface area contributed by atoms with Gasteiger partial charge in [0.25, 0.3) is 0 Å². The summed E-state index contributed by atoms with van der Waals surface area (Å²) in [6.07, 6.45) is 1.90. The van der Waals surface area contributed by atoms with E-state index in [4.69, 9.17) is 0 Å². The Kier molecular flexibility index (Phi) is 4.80. The molecule has 0 radical (unpaired) electrons. The minimum Gasteiger partial charge on any atom is -0.232 e. The van der Waals surface area contributed by atoms with E-state index in [1.165, 1.54) is 0 Å². The van der Waals surface area contributed by atoms with Gasteiger partial charge in [-0.25, -0.2) is 13.1 Å². The van der Waals surface area contributed by atoms with Gasteiger partial charge in [0.05, 0.1) is 17.6 Å². The Morgan fingerprint density at radius 2 is 1.52 bits per heavy atom. The molecule has 1 aromatic heterocycles. The zero-order valence-corrected chi connectivity index (χ0v) is 15.3. The highest BCUT2D eigenvalue weighted by Crippen LogP contribution is 2.23. The third-order valence-electron chi connectivity index (χ3n) is 4.27. The summed E-state index contributed by atoms with van der Waals surface area (Å²) in [5.74, 6) is 0.0580. The van der Waals surface area contributed by atoms with Crippen molar-refractivity contribution >= 4 is 10.7 Å². The SMILES string of the molecule is O=[SH](=O)Cc1cccc(-c2ccc(-n3cc(-c4ccccc4)nn3)cc2)c1. The Hall–Kier alpha value is -3.25. The van der Waals surface area contributed by atoms with Crippen LogP contribution in [0.2, 0.25) is 0 Å². The van der Waals surface area contributed by atoms with E-state index in [0.29, 0.717) is 0 Å². The first-order valence-electron chi connectivity index (χ1n) is 8.48. The molecule has 0 aliphatic carbocycles. The lowest BCUT2D eigenvalue weighted by Crippen LogP contribution is -1.94. The topological polar surface area (TPSA) is 64.8 Å². The number of aromatic nitrogens is 3. The van der Waals surface area contributed by atoms with Crippen molar-refractivity contribution in [3.63, 3.8) is 0 Å². The lowest BCUT2D eigenvalue weighted by Gasteiger charge is -2.06. The molecule has 0 amide bonds. The summed E-state index contributed by atoms with van der Waals surface area (Å²) in [5, 5.41) is 8.45. The predicted octanol–water partition coefficient (Wildman–Crippen LogP) is 3.71. The standard InChI is InChI=1S/C21H17N3O2S/c25-27(26)15-16-5-4-8-19(13-16)17-9-11-20(12-10-17)24-14-21(22-23-24)18-6-2-1-3-7-18/h1-14,27H,15H2. The van der Waals surface area contributed by atoms with Crippen LogP contribution in [0.1, 0.15) is 5.56 Å². The summed E-state index contributed by atoms with van der Waals surface area (Å²) in [5.41, 5.74) is 5.54. The number of hydrogen-bond donors (Lipinski definition) is 1. The van der Waals surface area contributed by atoms with Gasteiger partial charge in [-0.15, -0.1) is 5.10 Å². The van der Waals surface area contributed by atoms with Crippen LogP contribution < -0.4 is 0 Å². The number of rotatable bonds is 5. The first-order valence-corrected chi connectivity index (χ1v) is 9.85. The molecular formula is C21H17N3O2S. The lowest BCUT2D eigenvalue weighted by atomic mass is 10.0. The van der Waals surface area contributed by atoms with Crippen molar-refractivity contribution in [2.75, 3.05) is 0 Å². The average Bonchev–Trinajstić information content (AvgIpc) is 3.19. The molecule has 5 nitrogen and oxygen atoms in total. The summed E-state index contributed by atoms with van der Waals surface area (Å²) in [7, 11) is -2.43. The number of nitrogens with zero attached hydrogens (tertiary/aromatic N) is 3. The van der Waals surface area contributed by atoms with Crippen molar-refractivity contribution in [1.29, 1.82) is 0 Å². The van der Waals surface area contributed by atoms with E-state index in [2.05, 4.69) is 10.3 Å². The van der Waals surface area contributed by atoms with Crippen LogP contribution in [-0.2, 0) is 16.5 Å². The highest BCUT2D eigenvalue weighted by atomic mass is 32.2. The molecule has 0 spiro atoms. The molecular weight excluding hydrogens is 358 g/mol. The third-order valence-corrected chi connectivity index (χ3v) is 4.89. The monoisotopic (exact) mass is 375 g/mol. The Morgan fingerprint density at radius 3 is 2.26 bits per heavy atom. The van der Waals surface area contributed by atoms with Crippen molar-refractivity contribution in [1.82, 2.24) is 15.0 Å². The zero-order valence-electron chi connectivity index (χ0n) is 14.4. The molecule has 0 bridgehead atoms. The molecule has 1 heterocycles. The molecule has 134 valence electrons. The van der Waals surface area contributed by atoms with Crippen molar-refractivity contribution in [3.8, 4) is 28.1 Å². The molecule has 0 fully saturated rings. The predicted molar refractivity (Wildman–Crippen MR) is 106 cm³/mol. The largest absolute Gasteiger partial charge is 0.232 e. The van der Waals surface area contributed by atoms with Crippen LogP contribution in [0.4, 0.5) is 0 Å². The number of benzene rings is 3. The van der Waals surface area contributed by atoms with E-state index in [1.54, 1.807) is 4.68 Å². The number of thiol groups is 1. The molecule has 4 aromatic rings. The first kappa shape index (κ1) is 17.2. The second kappa shape index (κ2) is 7.55. The zero-order chi connectivity index (χ0) is 18.6. The van der Waals surface area contributed by atoms with E-state index in [-0.39, 0.29) is 5.75 Å². The van der Waals surface area contributed by atoms with E-state index < -0.39 is 10.7 Å².